The van der Waals surface area contributed by atoms with Crippen molar-refractivity contribution in [3.05, 3.63) is 66.1 Å². The molecule has 0 radical (unpaired) electrons. The first-order valence-corrected chi connectivity index (χ1v) is 9.32. The van der Waals surface area contributed by atoms with Crippen molar-refractivity contribution < 1.29 is 4.79 Å². The van der Waals surface area contributed by atoms with E-state index in [1.54, 1.807) is 29.0 Å². The maximum Gasteiger partial charge on any atom is 0.254 e. The van der Waals surface area contributed by atoms with Gasteiger partial charge in [0.05, 0.1) is 0 Å². The zero-order valence-electron chi connectivity index (χ0n) is 16.4. The highest BCUT2D eigenvalue weighted by Crippen LogP contribution is 2.21. The minimum Gasteiger partial charge on any atom is -0.350 e. The maximum absolute atomic E-state index is 12.1. The van der Waals surface area contributed by atoms with Crippen molar-refractivity contribution in [1.82, 2.24) is 29.9 Å². The van der Waals surface area contributed by atoms with Crippen LogP contribution in [0.5, 0.6) is 0 Å². The molecule has 3 heterocycles. The van der Waals surface area contributed by atoms with E-state index in [0.29, 0.717) is 17.2 Å². The van der Waals surface area contributed by atoms with Gasteiger partial charge in [-0.3, -0.25) is 9.78 Å². The number of aryl methyl sites for hydroxylation is 1. The molecule has 0 unspecified atom stereocenters. The molecule has 3 aromatic heterocycles. The van der Waals surface area contributed by atoms with Crippen LogP contribution in [0.3, 0.4) is 0 Å². The molecular weight excluding hydrogens is 366 g/mol. The lowest BCUT2D eigenvalue weighted by Crippen LogP contribution is -2.29. The van der Waals surface area contributed by atoms with E-state index in [0.717, 1.165) is 22.8 Å². The average molecular weight is 387 g/mol. The van der Waals surface area contributed by atoms with Crippen LogP contribution in [0.1, 0.15) is 29.9 Å². The van der Waals surface area contributed by atoms with Gasteiger partial charge in [-0.15, -0.1) is 5.10 Å². The van der Waals surface area contributed by atoms with E-state index in [1.807, 2.05) is 51.1 Å². The number of nitrogens with one attached hydrogen (secondary N) is 2. The van der Waals surface area contributed by atoms with Gasteiger partial charge in [0.1, 0.15) is 5.82 Å². The van der Waals surface area contributed by atoms with Gasteiger partial charge in [0, 0.05) is 47.0 Å². The van der Waals surface area contributed by atoms with Gasteiger partial charge in [0.25, 0.3) is 11.7 Å². The Bertz CT molecular complexity index is 1150. The summed E-state index contributed by atoms with van der Waals surface area (Å²) in [5, 5.41) is 10.8. The standard InChI is InChI=1S/C21H21N7O/c1-13(2)23-20(29)15-6-8-17(9-7-15)25-18-11-14(3)24-21-26-19(27-28(18)21)16-5-4-10-22-12-16/h4-13,25H,1-3H3,(H,23,29). The molecule has 146 valence electrons. The molecule has 0 bridgehead atoms. The number of carbonyl (C=O) groups excluding carboxylic acids is 1. The number of benzene rings is 1. The number of hydrogen-bond acceptors (Lipinski definition) is 6. The number of rotatable bonds is 5. The van der Waals surface area contributed by atoms with Crippen LogP contribution in [0, 0.1) is 6.92 Å². The molecule has 0 atom stereocenters. The van der Waals surface area contributed by atoms with Crippen LogP contribution in [0.15, 0.2) is 54.9 Å². The second-order valence-corrected chi connectivity index (χ2v) is 7.00. The number of anilines is 2. The van der Waals surface area contributed by atoms with Gasteiger partial charge in [-0.1, -0.05) is 0 Å². The Morgan fingerprint density at radius 2 is 1.90 bits per heavy atom. The van der Waals surface area contributed by atoms with Crippen molar-refractivity contribution in [2.24, 2.45) is 0 Å². The number of amides is 1. The van der Waals surface area contributed by atoms with Crippen molar-refractivity contribution in [3.63, 3.8) is 0 Å². The highest BCUT2D eigenvalue weighted by atomic mass is 16.1. The maximum atomic E-state index is 12.1. The molecular formula is C21H21N7O. The Morgan fingerprint density at radius 3 is 2.59 bits per heavy atom. The Hall–Kier alpha value is -3.81. The second-order valence-electron chi connectivity index (χ2n) is 7.00. The van der Waals surface area contributed by atoms with Crippen molar-refractivity contribution >= 4 is 23.2 Å². The van der Waals surface area contributed by atoms with Gasteiger partial charge < -0.3 is 10.6 Å². The predicted octanol–water partition coefficient (Wildman–Crippen LogP) is 3.38. The molecule has 0 aliphatic carbocycles. The van der Waals surface area contributed by atoms with E-state index in [1.165, 1.54) is 0 Å². The lowest BCUT2D eigenvalue weighted by molar-refractivity contribution is 0.0943. The Labute approximate surface area is 168 Å². The van der Waals surface area contributed by atoms with Crippen LogP contribution in [0.2, 0.25) is 0 Å². The fraction of sp³-hybridized carbons (Fsp3) is 0.190. The first-order valence-electron chi connectivity index (χ1n) is 9.32. The van der Waals surface area contributed by atoms with E-state index in [4.69, 9.17) is 0 Å². The molecule has 0 saturated carbocycles. The van der Waals surface area contributed by atoms with Gasteiger partial charge >= 0.3 is 0 Å². The summed E-state index contributed by atoms with van der Waals surface area (Å²) >= 11 is 0. The molecule has 8 heteroatoms. The molecule has 4 aromatic rings. The summed E-state index contributed by atoms with van der Waals surface area (Å²) in [5.74, 6) is 1.69. The Balaban J connectivity index is 1.64. The number of fused-ring (bicyclic) bond motifs is 1. The Morgan fingerprint density at radius 1 is 1.10 bits per heavy atom. The SMILES string of the molecule is Cc1cc(Nc2ccc(C(=O)NC(C)C)cc2)n2nc(-c3cccnc3)nc2n1. The number of aromatic nitrogens is 5. The van der Waals surface area contributed by atoms with E-state index in [2.05, 4.69) is 30.7 Å². The predicted molar refractivity (Wildman–Crippen MR) is 111 cm³/mol. The molecule has 1 amide bonds. The van der Waals surface area contributed by atoms with Crippen LogP contribution in [0.25, 0.3) is 17.2 Å². The molecule has 0 saturated heterocycles. The molecule has 29 heavy (non-hydrogen) atoms. The number of carbonyl (C=O) groups is 1. The average Bonchev–Trinajstić information content (AvgIpc) is 3.13. The third-order valence-electron chi connectivity index (χ3n) is 4.20. The lowest BCUT2D eigenvalue weighted by Gasteiger charge is -2.11. The highest BCUT2D eigenvalue weighted by molar-refractivity contribution is 5.94. The summed E-state index contributed by atoms with van der Waals surface area (Å²) in [7, 11) is 0. The summed E-state index contributed by atoms with van der Waals surface area (Å²) in [4.78, 5) is 25.2. The topological polar surface area (TPSA) is 97.1 Å². The van der Waals surface area contributed by atoms with Crippen LogP contribution in [-0.2, 0) is 0 Å². The smallest absolute Gasteiger partial charge is 0.254 e. The number of hydrogen-bond donors (Lipinski definition) is 2. The summed E-state index contributed by atoms with van der Waals surface area (Å²) in [5.41, 5.74) is 3.08. The normalized spacial score (nSPS) is 11.0. The largest absolute Gasteiger partial charge is 0.350 e. The van der Waals surface area contributed by atoms with E-state index in [-0.39, 0.29) is 11.9 Å². The summed E-state index contributed by atoms with van der Waals surface area (Å²) in [6, 6.07) is 13.0. The minimum absolute atomic E-state index is 0.0916. The molecule has 8 nitrogen and oxygen atoms in total. The zero-order valence-corrected chi connectivity index (χ0v) is 16.4. The summed E-state index contributed by atoms with van der Waals surface area (Å²) in [6.07, 6.45) is 3.43. The first-order chi connectivity index (χ1) is 14.0. The van der Waals surface area contributed by atoms with Crippen LogP contribution >= 0.6 is 0 Å². The quantitative estimate of drug-likeness (QED) is 0.545. The highest BCUT2D eigenvalue weighted by Gasteiger charge is 2.12. The summed E-state index contributed by atoms with van der Waals surface area (Å²) in [6.45, 7) is 5.77. The monoisotopic (exact) mass is 387 g/mol. The second kappa shape index (κ2) is 7.67. The van der Waals surface area contributed by atoms with Gasteiger partial charge in [-0.25, -0.2) is 4.98 Å². The first kappa shape index (κ1) is 18.5. The van der Waals surface area contributed by atoms with Crippen LogP contribution < -0.4 is 10.6 Å². The van der Waals surface area contributed by atoms with Crippen LogP contribution in [0.4, 0.5) is 11.5 Å². The van der Waals surface area contributed by atoms with Crippen molar-refractivity contribution in [2.75, 3.05) is 5.32 Å². The molecule has 2 N–H and O–H groups in total. The van der Waals surface area contributed by atoms with E-state index >= 15 is 0 Å². The van der Waals surface area contributed by atoms with Crippen molar-refractivity contribution in [3.8, 4) is 11.4 Å². The van der Waals surface area contributed by atoms with Crippen molar-refractivity contribution in [2.45, 2.75) is 26.8 Å². The molecule has 4 rings (SSSR count). The third kappa shape index (κ3) is 4.06. The lowest BCUT2D eigenvalue weighted by atomic mass is 10.2. The zero-order chi connectivity index (χ0) is 20.4. The number of nitrogens with zero attached hydrogens (tertiary/aromatic N) is 5. The third-order valence-corrected chi connectivity index (χ3v) is 4.20. The van der Waals surface area contributed by atoms with E-state index in [9.17, 15) is 4.79 Å². The van der Waals surface area contributed by atoms with Gasteiger partial charge in [0.15, 0.2) is 5.82 Å². The fourth-order valence-electron chi connectivity index (χ4n) is 2.89. The van der Waals surface area contributed by atoms with Gasteiger partial charge in [0.2, 0.25) is 0 Å². The molecule has 0 spiro atoms. The number of pyridine rings is 1. The molecule has 0 aliphatic heterocycles. The van der Waals surface area contributed by atoms with Gasteiger partial charge in [-0.05, 0) is 57.2 Å². The minimum atomic E-state index is -0.0916. The van der Waals surface area contributed by atoms with Crippen molar-refractivity contribution in [1.29, 1.82) is 0 Å². The Kier molecular flexibility index (Phi) is 4.90. The molecule has 0 fully saturated rings. The molecule has 1 aromatic carbocycles. The van der Waals surface area contributed by atoms with Gasteiger partial charge in [-0.2, -0.15) is 9.50 Å². The molecule has 0 aliphatic rings. The fourth-order valence-corrected chi connectivity index (χ4v) is 2.89. The van der Waals surface area contributed by atoms with E-state index < -0.39 is 0 Å². The van der Waals surface area contributed by atoms with Crippen LogP contribution in [-0.4, -0.2) is 36.5 Å². The summed E-state index contributed by atoms with van der Waals surface area (Å²) < 4.78 is 1.66.